The second-order valence-electron chi connectivity index (χ2n) is 3.44. The van der Waals surface area contributed by atoms with Crippen molar-refractivity contribution in [3.8, 4) is 5.75 Å². The van der Waals surface area contributed by atoms with Gasteiger partial charge >= 0.3 is 0 Å². The number of amides is 1. The minimum atomic E-state index is -0.171. The predicted octanol–water partition coefficient (Wildman–Crippen LogP) is 3.83. The van der Waals surface area contributed by atoms with E-state index in [2.05, 4.69) is 5.32 Å². The minimum Gasteiger partial charge on any atom is -0.505 e. The number of hydrogen-bond acceptors (Lipinski definition) is 2. The number of phenols is 1. The van der Waals surface area contributed by atoms with Crippen molar-refractivity contribution < 1.29 is 9.90 Å². The Bertz CT molecular complexity index is 371. The molecule has 88 valence electrons. The first-order valence-electron chi connectivity index (χ1n) is 5.02. The van der Waals surface area contributed by atoms with E-state index in [0.29, 0.717) is 12.1 Å². The average Bonchev–Trinajstić information content (AvgIpc) is 2.23. The molecule has 0 saturated heterocycles. The SMILES string of the molecule is CCCCC(=O)Nc1cc(Cl)c(O)c(Cl)c1. The third-order valence-corrected chi connectivity index (χ3v) is 2.63. The van der Waals surface area contributed by atoms with Gasteiger partial charge in [0, 0.05) is 12.1 Å². The zero-order valence-electron chi connectivity index (χ0n) is 8.89. The maximum atomic E-state index is 11.4. The molecule has 0 fully saturated rings. The molecule has 1 aromatic carbocycles. The molecular weight excluding hydrogens is 249 g/mol. The number of hydrogen-bond donors (Lipinski definition) is 2. The van der Waals surface area contributed by atoms with Gasteiger partial charge in [-0.3, -0.25) is 4.79 Å². The Labute approximate surface area is 104 Å². The Morgan fingerprint density at radius 3 is 2.44 bits per heavy atom. The first-order chi connectivity index (χ1) is 7.54. The van der Waals surface area contributed by atoms with Crippen molar-refractivity contribution >= 4 is 34.8 Å². The van der Waals surface area contributed by atoms with Crippen molar-refractivity contribution in [1.82, 2.24) is 0 Å². The van der Waals surface area contributed by atoms with Crippen LogP contribution in [-0.2, 0) is 4.79 Å². The molecule has 2 N–H and O–H groups in total. The van der Waals surface area contributed by atoms with Crippen LogP contribution in [0.25, 0.3) is 0 Å². The molecule has 5 heteroatoms. The topological polar surface area (TPSA) is 49.3 Å². The Morgan fingerprint density at radius 2 is 1.94 bits per heavy atom. The quantitative estimate of drug-likeness (QED) is 0.810. The molecule has 0 aliphatic rings. The predicted molar refractivity (Wildman–Crippen MR) is 66.3 cm³/mol. The highest BCUT2D eigenvalue weighted by Gasteiger charge is 2.08. The summed E-state index contributed by atoms with van der Waals surface area (Å²) in [5.74, 6) is -0.255. The van der Waals surface area contributed by atoms with Gasteiger partial charge in [-0.2, -0.15) is 0 Å². The lowest BCUT2D eigenvalue weighted by Crippen LogP contribution is -2.10. The van der Waals surface area contributed by atoms with Gasteiger partial charge in [-0.15, -0.1) is 0 Å². The third-order valence-electron chi connectivity index (χ3n) is 2.06. The molecule has 0 saturated carbocycles. The molecular formula is C11H13Cl2NO2. The van der Waals surface area contributed by atoms with Crippen LogP contribution in [0.5, 0.6) is 5.75 Å². The first-order valence-corrected chi connectivity index (χ1v) is 5.78. The summed E-state index contributed by atoms with van der Waals surface area (Å²) in [6.45, 7) is 2.02. The van der Waals surface area contributed by atoms with Crippen LogP contribution in [-0.4, -0.2) is 11.0 Å². The van der Waals surface area contributed by atoms with Crippen molar-refractivity contribution in [2.45, 2.75) is 26.2 Å². The zero-order valence-corrected chi connectivity index (χ0v) is 10.4. The standard InChI is InChI=1S/C11H13Cl2NO2/c1-2-3-4-10(15)14-7-5-8(12)11(16)9(13)6-7/h5-6,16H,2-4H2,1H3,(H,14,15). The number of aromatic hydroxyl groups is 1. The molecule has 0 aliphatic carbocycles. The van der Waals surface area contributed by atoms with E-state index in [4.69, 9.17) is 23.2 Å². The van der Waals surface area contributed by atoms with Crippen LogP contribution < -0.4 is 5.32 Å². The van der Waals surface area contributed by atoms with Crippen LogP contribution in [0.3, 0.4) is 0 Å². The second-order valence-corrected chi connectivity index (χ2v) is 4.25. The van der Waals surface area contributed by atoms with Gasteiger partial charge in [0.05, 0.1) is 10.0 Å². The lowest BCUT2D eigenvalue weighted by molar-refractivity contribution is -0.116. The Balaban J connectivity index is 2.71. The second kappa shape index (κ2) is 5.97. The van der Waals surface area contributed by atoms with Crippen LogP contribution in [0.2, 0.25) is 10.0 Å². The molecule has 1 aromatic rings. The number of halogens is 2. The molecule has 0 aromatic heterocycles. The Morgan fingerprint density at radius 1 is 1.38 bits per heavy atom. The van der Waals surface area contributed by atoms with E-state index >= 15 is 0 Å². The minimum absolute atomic E-state index is 0.0836. The van der Waals surface area contributed by atoms with Crippen LogP contribution >= 0.6 is 23.2 Å². The van der Waals surface area contributed by atoms with Crippen molar-refractivity contribution in [3.63, 3.8) is 0 Å². The molecule has 16 heavy (non-hydrogen) atoms. The van der Waals surface area contributed by atoms with Crippen LogP contribution in [0, 0.1) is 0 Å². The molecule has 0 aliphatic heterocycles. The molecule has 0 radical (unpaired) electrons. The fourth-order valence-electron chi connectivity index (χ4n) is 1.20. The molecule has 1 amide bonds. The van der Waals surface area contributed by atoms with Crippen molar-refractivity contribution in [3.05, 3.63) is 22.2 Å². The summed E-state index contributed by atoms with van der Waals surface area (Å²) in [5, 5.41) is 12.2. The highest BCUT2D eigenvalue weighted by atomic mass is 35.5. The molecule has 0 bridgehead atoms. The molecule has 0 unspecified atom stereocenters. The molecule has 1 rings (SSSR count). The van der Waals surface area contributed by atoms with E-state index < -0.39 is 0 Å². The number of nitrogens with one attached hydrogen (secondary N) is 1. The van der Waals surface area contributed by atoms with E-state index in [0.717, 1.165) is 12.8 Å². The van der Waals surface area contributed by atoms with Gasteiger partial charge in [0.25, 0.3) is 0 Å². The van der Waals surface area contributed by atoms with Crippen molar-refractivity contribution in [2.75, 3.05) is 5.32 Å². The highest BCUT2D eigenvalue weighted by molar-refractivity contribution is 6.37. The van der Waals surface area contributed by atoms with Gasteiger partial charge in [-0.05, 0) is 18.6 Å². The third kappa shape index (κ3) is 3.58. The van der Waals surface area contributed by atoms with E-state index in [1.807, 2.05) is 6.92 Å². The summed E-state index contributed by atoms with van der Waals surface area (Å²) >= 11 is 11.4. The number of phenolic OH excluding ortho intramolecular Hbond substituents is 1. The van der Waals surface area contributed by atoms with E-state index in [9.17, 15) is 9.90 Å². The lowest BCUT2D eigenvalue weighted by Gasteiger charge is -2.07. The molecule has 0 spiro atoms. The largest absolute Gasteiger partial charge is 0.505 e. The number of benzene rings is 1. The summed E-state index contributed by atoms with van der Waals surface area (Å²) in [6, 6.07) is 2.93. The van der Waals surface area contributed by atoms with E-state index in [1.54, 1.807) is 0 Å². The molecule has 0 atom stereocenters. The highest BCUT2D eigenvalue weighted by Crippen LogP contribution is 2.34. The summed E-state index contributed by atoms with van der Waals surface area (Å²) in [5.41, 5.74) is 0.494. The average molecular weight is 262 g/mol. The maximum Gasteiger partial charge on any atom is 0.224 e. The van der Waals surface area contributed by atoms with Gasteiger partial charge in [0.15, 0.2) is 5.75 Å². The smallest absolute Gasteiger partial charge is 0.224 e. The summed E-state index contributed by atoms with van der Waals surface area (Å²) in [6.07, 6.45) is 2.27. The lowest BCUT2D eigenvalue weighted by atomic mass is 10.2. The van der Waals surface area contributed by atoms with E-state index in [-0.39, 0.29) is 21.7 Å². The number of carbonyl (C=O) groups excluding carboxylic acids is 1. The normalized spacial score (nSPS) is 10.2. The van der Waals surface area contributed by atoms with Gasteiger partial charge < -0.3 is 10.4 Å². The van der Waals surface area contributed by atoms with Crippen molar-refractivity contribution in [2.24, 2.45) is 0 Å². The fourth-order valence-corrected chi connectivity index (χ4v) is 1.69. The number of carbonyl (C=O) groups is 1. The van der Waals surface area contributed by atoms with E-state index in [1.165, 1.54) is 12.1 Å². The van der Waals surface area contributed by atoms with Gasteiger partial charge in [-0.25, -0.2) is 0 Å². The van der Waals surface area contributed by atoms with Gasteiger partial charge in [0.1, 0.15) is 0 Å². The van der Waals surface area contributed by atoms with Gasteiger partial charge in [-0.1, -0.05) is 36.5 Å². The molecule has 0 heterocycles. The number of unbranched alkanes of at least 4 members (excludes halogenated alkanes) is 1. The fraction of sp³-hybridized carbons (Fsp3) is 0.364. The number of anilines is 1. The first kappa shape index (κ1) is 13.1. The summed E-state index contributed by atoms with van der Waals surface area (Å²) < 4.78 is 0. The summed E-state index contributed by atoms with van der Waals surface area (Å²) in [4.78, 5) is 11.4. The van der Waals surface area contributed by atoms with Crippen molar-refractivity contribution in [1.29, 1.82) is 0 Å². The number of rotatable bonds is 4. The Kier molecular flexibility index (Phi) is 4.90. The maximum absolute atomic E-state index is 11.4. The Hall–Kier alpha value is -0.930. The van der Waals surface area contributed by atoms with Crippen LogP contribution in [0.4, 0.5) is 5.69 Å². The zero-order chi connectivity index (χ0) is 12.1. The summed E-state index contributed by atoms with van der Waals surface area (Å²) in [7, 11) is 0. The van der Waals surface area contributed by atoms with Gasteiger partial charge in [0.2, 0.25) is 5.91 Å². The monoisotopic (exact) mass is 261 g/mol. The molecule has 3 nitrogen and oxygen atoms in total. The van der Waals surface area contributed by atoms with Crippen LogP contribution in [0.15, 0.2) is 12.1 Å². The van der Waals surface area contributed by atoms with Crippen LogP contribution in [0.1, 0.15) is 26.2 Å².